The first-order chi connectivity index (χ1) is 21.8. The van der Waals surface area contributed by atoms with Gasteiger partial charge in [-0.2, -0.15) is 0 Å². The lowest BCUT2D eigenvalue weighted by Crippen LogP contribution is -2.26. The van der Waals surface area contributed by atoms with E-state index in [-0.39, 0.29) is 23.4 Å². The van der Waals surface area contributed by atoms with Gasteiger partial charge in [0.25, 0.3) is 0 Å². The van der Waals surface area contributed by atoms with E-state index in [0.717, 1.165) is 42.4 Å². The van der Waals surface area contributed by atoms with Crippen LogP contribution in [0, 0.1) is 0 Å². The molecule has 0 fully saturated rings. The highest BCUT2D eigenvalue weighted by molar-refractivity contribution is 6.03. The van der Waals surface area contributed by atoms with Crippen LogP contribution in [-0.2, 0) is 22.3 Å². The summed E-state index contributed by atoms with van der Waals surface area (Å²) in [7, 11) is 6.48. The summed E-state index contributed by atoms with van der Waals surface area (Å²) in [6.07, 6.45) is 6.82. The number of methoxy groups -OCH3 is 4. The Bertz CT molecular complexity index is 1360. The first-order valence-electron chi connectivity index (χ1n) is 16.5. The van der Waals surface area contributed by atoms with Gasteiger partial charge >= 0.3 is 0 Å². The molecule has 0 unspecified atom stereocenters. The van der Waals surface area contributed by atoms with Crippen LogP contribution < -0.4 is 23.7 Å². The summed E-state index contributed by atoms with van der Waals surface area (Å²) in [5, 5.41) is 0. The molecule has 3 rings (SSSR count). The summed E-state index contributed by atoms with van der Waals surface area (Å²) in [4.78, 5) is 13.9. The zero-order valence-corrected chi connectivity index (χ0v) is 30.0. The molecule has 2 aromatic rings. The zero-order valence-electron chi connectivity index (χ0n) is 30.0. The molecule has 8 heteroatoms. The largest absolute Gasteiger partial charge is 0.496 e. The van der Waals surface area contributed by atoms with Crippen LogP contribution in [0.25, 0.3) is 0 Å². The lowest BCUT2D eigenvalue weighted by molar-refractivity contribution is -0.0173. The van der Waals surface area contributed by atoms with Crippen molar-refractivity contribution in [1.29, 1.82) is 0 Å². The second-order valence-electron chi connectivity index (χ2n) is 13.1. The van der Waals surface area contributed by atoms with Gasteiger partial charge in [0.05, 0.1) is 46.1 Å². The Morgan fingerprint density at radius 2 is 1.50 bits per heavy atom. The molecule has 0 aromatic heterocycles. The highest BCUT2D eigenvalue weighted by Gasteiger charge is 2.35. The Labute approximate surface area is 276 Å². The molecule has 1 aliphatic rings. The molecule has 0 saturated heterocycles. The van der Waals surface area contributed by atoms with Crippen molar-refractivity contribution in [2.75, 3.05) is 41.7 Å². The standard InChI is InChI=1S/C38H56O8/c1-12-44-37(4,5)21-14-15-25(3)16-17-27-26(18-19-30(40-8)35(27)42-10)32-23-29(39)34-33(46-32)24-31(41-9)28(36(34)43-11)20-22-38(6,7)45-13-2/h16,18-19,24,32H,12-15,17,20-23H2,1-11H3/b25-16+/t32-/m0/s1. The molecule has 0 saturated carbocycles. The molecule has 2 aromatic carbocycles. The summed E-state index contributed by atoms with van der Waals surface area (Å²) in [5.41, 5.74) is 3.93. The third-order valence-corrected chi connectivity index (χ3v) is 8.73. The average molecular weight is 641 g/mol. The minimum Gasteiger partial charge on any atom is -0.496 e. The monoisotopic (exact) mass is 640 g/mol. The SMILES string of the molecule is CCOC(C)(C)CCC/C(C)=C/Cc1c([C@@H]2CC(=O)c3c(cc(OC)c(CCC(C)(C)OCC)c3OC)O2)ccc(OC)c1OC. The summed E-state index contributed by atoms with van der Waals surface area (Å²) < 4.78 is 41.6. The Kier molecular flexibility index (Phi) is 13.4. The van der Waals surface area contributed by atoms with Crippen molar-refractivity contribution in [1.82, 2.24) is 0 Å². The average Bonchev–Trinajstić information content (AvgIpc) is 3.01. The van der Waals surface area contributed by atoms with Crippen LogP contribution >= 0.6 is 0 Å². The maximum atomic E-state index is 13.9. The Morgan fingerprint density at radius 3 is 2.09 bits per heavy atom. The van der Waals surface area contributed by atoms with Crippen molar-refractivity contribution in [2.24, 2.45) is 0 Å². The molecule has 256 valence electrons. The molecule has 1 heterocycles. The fourth-order valence-corrected chi connectivity index (χ4v) is 6.33. The van der Waals surface area contributed by atoms with E-state index in [0.29, 0.717) is 60.4 Å². The Morgan fingerprint density at radius 1 is 0.870 bits per heavy atom. The molecule has 0 bridgehead atoms. The third-order valence-electron chi connectivity index (χ3n) is 8.73. The smallest absolute Gasteiger partial charge is 0.174 e. The van der Waals surface area contributed by atoms with Crippen LogP contribution in [0.5, 0.6) is 28.7 Å². The maximum Gasteiger partial charge on any atom is 0.174 e. The summed E-state index contributed by atoms with van der Waals surface area (Å²) in [6.45, 7) is 15.9. The molecule has 1 aliphatic heterocycles. The second kappa shape index (κ2) is 16.6. The van der Waals surface area contributed by atoms with E-state index < -0.39 is 6.10 Å². The first kappa shape index (κ1) is 37.2. The molecule has 8 nitrogen and oxygen atoms in total. The van der Waals surface area contributed by atoms with Crippen LogP contribution in [0.1, 0.15) is 114 Å². The number of rotatable bonds is 18. The third kappa shape index (κ3) is 9.19. The number of ether oxygens (including phenoxy) is 7. The highest BCUT2D eigenvalue weighted by atomic mass is 16.5. The van der Waals surface area contributed by atoms with Gasteiger partial charge in [0.15, 0.2) is 17.3 Å². The number of Topliss-reactive ketones (excluding diaryl/α,β-unsaturated/α-hetero) is 1. The van der Waals surface area contributed by atoms with E-state index in [9.17, 15) is 4.79 Å². The van der Waals surface area contributed by atoms with Crippen molar-refractivity contribution < 1.29 is 38.0 Å². The van der Waals surface area contributed by atoms with Crippen molar-refractivity contribution in [2.45, 2.75) is 111 Å². The van der Waals surface area contributed by atoms with Crippen molar-refractivity contribution >= 4 is 5.78 Å². The van der Waals surface area contributed by atoms with Crippen LogP contribution in [0.3, 0.4) is 0 Å². The first-order valence-corrected chi connectivity index (χ1v) is 16.5. The molecule has 46 heavy (non-hydrogen) atoms. The van der Waals surface area contributed by atoms with Gasteiger partial charge in [0, 0.05) is 36.0 Å². The van der Waals surface area contributed by atoms with Crippen LogP contribution in [0.2, 0.25) is 0 Å². The van der Waals surface area contributed by atoms with Gasteiger partial charge in [-0.1, -0.05) is 17.7 Å². The number of carbonyl (C=O) groups excluding carboxylic acids is 1. The van der Waals surface area contributed by atoms with Gasteiger partial charge in [-0.25, -0.2) is 0 Å². The Balaban J connectivity index is 1.96. The number of ketones is 1. The lowest BCUT2D eigenvalue weighted by Gasteiger charge is -2.31. The summed E-state index contributed by atoms with van der Waals surface area (Å²) in [6, 6.07) is 5.67. The molecular weight excluding hydrogens is 584 g/mol. The fraction of sp³-hybridized carbons (Fsp3) is 0.605. The quantitative estimate of drug-likeness (QED) is 0.150. The number of hydrogen-bond acceptors (Lipinski definition) is 8. The number of carbonyl (C=O) groups is 1. The minimum absolute atomic E-state index is 0.0413. The second-order valence-corrected chi connectivity index (χ2v) is 13.1. The molecule has 0 radical (unpaired) electrons. The predicted molar refractivity (Wildman–Crippen MR) is 182 cm³/mol. The van der Waals surface area contributed by atoms with E-state index in [1.807, 2.05) is 32.0 Å². The van der Waals surface area contributed by atoms with Gasteiger partial charge in [-0.05, 0) is 93.1 Å². The molecule has 0 aliphatic carbocycles. The fourth-order valence-electron chi connectivity index (χ4n) is 6.33. The van der Waals surface area contributed by atoms with E-state index in [2.05, 4.69) is 40.7 Å². The number of fused-ring (bicyclic) bond motifs is 1. The maximum absolute atomic E-state index is 13.9. The van der Waals surface area contributed by atoms with Gasteiger partial charge in [-0.3, -0.25) is 4.79 Å². The van der Waals surface area contributed by atoms with Crippen molar-refractivity contribution in [3.63, 3.8) is 0 Å². The van der Waals surface area contributed by atoms with Crippen LogP contribution in [0.15, 0.2) is 29.8 Å². The van der Waals surface area contributed by atoms with Crippen molar-refractivity contribution in [3.8, 4) is 28.7 Å². The van der Waals surface area contributed by atoms with Gasteiger partial charge in [0.1, 0.15) is 28.9 Å². The van der Waals surface area contributed by atoms with Gasteiger partial charge in [-0.15, -0.1) is 0 Å². The van der Waals surface area contributed by atoms with Crippen LogP contribution in [-0.4, -0.2) is 58.6 Å². The van der Waals surface area contributed by atoms with Gasteiger partial charge in [0.2, 0.25) is 0 Å². The van der Waals surface area contributed by atoms with Crippen molar-refractivity contribution in [3.05, 3.63) is 52.1 Å². The number of allylic oxidation sites excluding steroid dienone is 2. The van der Waals surface area contributed by atoms with Crippen LogP contribution in [0.4, 0.5) is 0 Å². The predicted octanol–water partition coefficient (Wildman–Crippen LogP) is 8.65. The molecule has 0 spiro atoms. The normalized spacial score (nSPS) is 15.3. The van der Waals surface area contributed by atoms with Gasteiger partial charge < -0.3 is 33.2 Å². The van der Waals surface area contributed by atoms with E-state index in [1.165, 1.54) is 5.57 Å². The summed E-state index contributed by atoms with van der Waals surface area (Å²) >= 11 is 0. The highest BCUT2D eigenvalue weighted by Crippen LogP contribution is 2.48. The lowest BCUT2D eigenvalue weighted by atomic mass is 9.88. The zero-order chi connectivity index (χ0) is 34.1. The molecule has 0 N–H and O–H groups in total. The molecule has 0 amide bonds. The van der Waals surface area contributed by atoms with E-state index in [1.54, 1.807) is 28.4 Å². The topological polar surface area (TPSA) is 81.7 Å². The number of hydrogen-bond donors (Lipinski definition) is 0. The van der Waals surface area contributed by atoms with E-state index in [4.69, 9.17) is 33.2 Å². The Hall–Kier alpha value is -3.23. The number of benzene rings is 2. The molecule has 1 atom stereocenters. The summed E-state index contributed by atoms with van der Waals surface area (Å²) in [5.74, 6) is 2.81. The molecular formula is C38H56O8. The van der Waals surface area contributed by atoms with E-state index >= 15 is 0 Å². The minimum atomic E-state index is -0.521.